The molecule has 2 heterocycles. The number of nitrogens with one attached hydrogen (secondary N) is 1. The summed E-state index contributed by atoms with van der Waals surface area (Å²) in [4.78, 5) is 3.67. The van der Waals surface area contributed by atoms with Crippen molar-refractivity contribution in [3.63, 3.8) is 0 Å². The number of nitrogens with zero attached hydrogens (tertiary/aromatic N) is 4. The molecule has 0 amide bonds. The summed E-state index contributed by atoms with van der Waals surface area (Å²) in [7, 11) is -2.82. The molecule has 0 bridgehead atoms. The maximum absolute atomic E-state index is 13.2. The second-order valence-electron chi connectivity index (χ2n) is 7.85. The molecule has 2 atom stereocenters. The quantitative estimate of drug-likeness (QED) is 0.530. The van der Waals surface area contributed by atoms with Gasteiger partial charge < -0.3 is 14.0 Å². The van der Waals surface area contributed by atoms with E-state index in [2.05, 4.69) is 24.6 Å². The normalized spacial score (nSPS) is 19.1. The smallest absolute Gasteiger partial charge is 0.481 e. The highest BCUT2D eigenvalue weighted by Gasteiger charge is 2.33. The van der Waals surface area contributed by atoms with Crippen molar-refractivity contribution in [2.24, 2.45) is 0 Å². The fourth-order valence-electron chi connectivity index (χ4n) is 4.07. The van der Waals surface area contributed by atoms with Crippen LogP contribution in [0.2, 0.25) is 0 Å². The average molecular weight is 497 g/mol. The van der Waals surface area contributed by atoms with E-state index >= 15 is 0 Å². The number of halogens is 3. The number of ether oxygens (including phenoxy) is 2. The molecule has 2 aromatic heterocycles. The highest BCUT2D eigenvalue weighted by atomic mass is 32.2. The van der Waals surface area contributed by atoms with Crippen LogP contribution in [-0.4, -0.2) is 47.7 Å². The summed E-state index contributed by atoms with van der Waals surface area (Å²) in [5, 5.41) is 7.58. The van der Waals surface area contributed by atoms with Gasteiger partial charge >= 0.3 is 6.36 Å². The van der Waals surface area contributed by atoms with Crippen LogP contribution in [0.5, 0.6) is 11.6 Å². The van der Waals surface area contributed by atoms with Crippen LogP contribution in [-0.2, 0) is 10.0 Å². The van der Waals surface area contributed by atoms with Crippen LogP contribution >= 0.6 is 0 Å². The Labute approximate surface area is 194 Å². The Morgan fingerprint density at radius 2 is 1.91 bits per heavy atom. The van der Waals surface area contributed by atoms with E-state index in [-0.39, 0.29) is 22.4 Å². The first-order valence-corrected chi connectivity index (χ1v) is 11.9. The number of pyridine rings is 1. The lowest BCUT2D eigenvalue weighted by molar-refractivity contribution is -0.274. The number of rotatable bonds is 7. The molecule has 1 N–H and O–H groups in total. The van der Waals surface area contributed by atoms with E-state index in [4.69, 9.17) is 4.74 Å². The Balaban J connectivity index is 1.66. The SMILES string of the molecule is COc1ncccc1-c1cc(OC(F)(F)F)cc(S(=O)(=O)NC2CCCC(n3cnnc3)C2)c1. The van der Waals surface area contributed by atoms with Gasteiger partial charge in [0.05, 0.1) is 12.0 Å². The van der Waals surface area contributed by atoms with Gasteiger partial charge in [-0.05, 0) is 55.5 Å². The van der Waals surface area contributed by atoms with Crippen molar-refractivity contribution >= 4 is 10.0 Å². The molecule has 0 spiro atoms. The molecule has 13 heteroatoms. The molecule has 0 radical (unpaired) electrons. The zero-order valence-electron chi connectivity index (χ0n) is 18.1. The molecule has 34 heavy (non-hydrogen) atoms. The van der Waals surface area contributed by atoms with Gasteiger partial charge in [-0.15, -0.1) is 23.4 Å². The van der Waals surface area contributed by atoms with Gasteiger partial charge in [-0.3, -0.25) is 0 Å². The van der Waals surface area contributed by atoms with E-state index in [1.807, 2.05) is 4.57 Å². The van der Waals surface area contributed by atoms with Gasteiger partial charge in [-0.25, -0.2) is 18.1 Å². The first-order chi connectivity index (χ1) is 16.1. The third-order valence-electron chi connectivity index (χ3n) is 5.53. The molecule has 2 unspecified atom stereocenters. The van der Waals surface area contributed by atoms with Crippen molar-refractivity contribution < 1.29 is 31.1 Å². The third kappa shape index (κ3) is 5.65. The van der Waals surface area contributed by atoms with Crippen molar-refractivity contribution in [3.05, 3.63) is 49.2 Å². The molecular formula is C21H22F3N5O4S. The Hall–Kier alpha value is -3.19. The van der Waals surface area contributed by atoms with Crippen LogP contribution in [0.3, 0.4) is 0 Å². The number of sulfonamides is 1. The molecule has 1 saturated carbocycles. The zero-order chi connectivity index (χ0) is 24.3. The summed E-state index contributed by atoms with van der Waals surface area (Å²) in [5.41, 5.74) is 0.470. The Morgan fingerprint density at radius 3 is 2.62 bits per heavy atom. The highest BCUT2D eigenvalue weighted by Crippen LogP contribution is 2.35. The van der Waals surface area contributed by atoms with Crippen LogP contribution in [0.4, 0.5) is 13.2 Å². The predicted molar refractivity (Wildman–Crippen MR) is 115 cm³/mol. The largest absolute Gasteiger partial charge is 0.573 e. The maximum atomic E-state index is 13.2. The van der Waals surface area contributed by atoms with Crippen LogP contribution in [0.25, 0.3) is 11.1 Å². The molecule has 0 aliphatic heterocycles. The lowest BCUT2D eigenvalue weighted by atomic mass is 9.91. The van der Waals surface area contributed by atoms with E-state index in [0.29, 0.717) is 18.4 Å². The molecule has 1 aromatic carbocycles. The maximum Gasteiger partial charge on any atom is 0.573 e. The highest BCUT2D eigenvalue weighted by molar-refractivity contribution is 7.89. The number of aromatic nitrogens is 4. The van der Waals surface area contributed by atoms with Crippen molar-refractivity contribution in [1.82, 2.24) is 24.5 Å². The van der Waals surface area contributed by atoms with Gasteiger partial charge in [-0.2, -0.15) is 0 Å². The lowest BCUT2D eigenvalue weighted by Gasteiger charge is -2.30. The first kappa shape index (κ1) is 24.0. The number of alkyl halides is 3. The van der Waals surface area contributed by atoms with Gasteiger partial charge in [0.1, 0.15) is 18.4 Å². The molecular weight excluding hydrogens is 475 g/mol. The van der Waals surface area contributed by atoms with Crippen LogP contribution < -0.4 is 14.2 Å². The fourth-order valence-corrected chi connectivity index (χ4v) is 5.42. The molecule has 3 aromatic rings. The summed E-state index contributed by atoms with van der Waals surface area (Å²) >= 11 is 0. The molecule has 1 aliphatic carbocycles. The molecule has 4 rings (SSSR count). The second-order valence-corrected chi connectivity index (χ2v) is 9.56. The van der Waals surface area contributed by atoms with Crippen LogP contribution in [0.15, 0.2) is 54.1 Å². The van der Waals surface area contributed by atoms with E-state index < -0.39 is 28.2 Å². The molecule has 1 fully saturated rings. The number of hydrogen-bond acceptors (Lipinski definition) is 7. The van der Waals surface area contributed by atoms with E-state index in [1.165, 1.54) is 19.4 Å². The molecule has 182 valence electrons. The number of methoxy groups -OCH3 is 1. The van der Waals surface area contributed by atoms with Crippen molar-refractivity contribution in [3.8, 4) is 22.8 Å². The Kier molecular flexibility index (Phi) is 6.75. The second kappa shape index (κ2) is 9.58. The number of benzene rings is 1. The van der Waals surface area contributed by atoms with Gasteiger partial charge in [-0.1, -0.05) is 0 Å². The summed E-state index contributed by atoms with van der Waals surface area (Å²) in [6, 6.07) is 5.95. The van der Waals surface area contributed by atoms with Gasteiger partial charge in [0, 0.05) is 29.9 Å². The monoisotopic (exact) mass is 497 g/mol. The molecule has 0 saturated heterocycles. The summed E-state index contributed by atoms with van der Waals surface area (Å²) < 4.78 is 79.0. The van der Waals surface area contributed by atoms with Crippen molar-refractivity contribution in [2.75, 3.05) is 7.11 Å². The minimum absolute atomic E-state index is 0.0200. The van der Waals surface area contributed by atoms with Crippen LogP contribution in [0, 0.1) is 0 Å². The predicted octanol–water partition coefficient (Wildman–Crippen LogP) is 3.71. The van der Waals surface area contributed by atoms with E-state index in [9.17, 15) is 21.6 Å². The van der Waals surface area contributed by atoms with Crippen LogP contribution in [0.1, 0.15) is 31.7 Å². The van der Waals surface area contributed by atoms with Gasteiger partial charge in [0.25, 0.3) is 0 Å². The van der Waals surface area contributed by atoms with Gasteiger partial charge in [0.15, 0.2) is 0 Å². The minimum Gasteiger partial charge on any atom is -0.481 e. The van der Waals surface area contributed by atoms with Crippen molar-refractivity contribution in [2.45, 2.75) is 49.0 Å². The van der Waals surface area contributed by atoms with E-state index in [1.54, 1.807) is 24.8 Å². The Bertz CT molecular complexity index is 1240. The summed E-state index contributed by atoms with van der Waals surface area (Å²) in [6.07, 6.45) is 2.31. The standard InChI is InChI=1S/C21H22F3N5O4S/c1-32-20-19(6-3-7-25-20)14-8-17(33-21(22,23)24)11-18(9-14)34(30,31)28-15-4-2-5-16(10-15)29-12-26-27-13-29/h3,6-9,11-13,15-16,28H,2,4-5,10H2,1H3. The lowest BCUT2D eigenvalue weighted by Crippen LogP contribution is -2.38. The van der Waals surface area contributed by atoms with E-state index in [0.717, 1.165) is 25.0 Å². The summed E-state index contributed by atoms with van der Waals surface area (Å²) in [5.74, 6) is -0.533. The number of hydrogen-bond donors (Lipinski definition) is 1. The topological polar surface area (TPSA) is 108 Å². The van der Waals surface area contributed by atoms with Crippen molar-refractivity contribution in [1.29, 1.82) is 0 Å². The molecule has 1 aliphatic rings. The first-order valence-electron chi connectivity index (χ1n) is 10.4. The average Bonchev–Trinajstić information content (AvgIpc) is 3.33. The molecule has 9 nitrogen and oxygen atoms in total. The fraction of sp³-hybridized carbons (Fsp3) is 0.381. The Morgan fingerprint density at radius 1 is 1.15 bits per heavy atom. The summed E-state index contributed by atoms with van der Waals surface area (Å²) in [6.45, 7) is 0. The third-order valence-corrected chi connectivity index (χ3v) is 7.03. The zero-order valence-corrected chi connectivity index (χ0v) is 18.9. The van der Waals surface area contributed by atoms with Gasteiger partial charge in [0.2, 0.25) is 15.9 Å². The minimum atomic E-state index is -5.00.